The van der Waals surface area contributed by atoms with Gasteiger partial charge in [0.1, 0.15) is 11.4 Å². The van der Waals surface area contributed by atoms with Gasteiger partial charge in [0.2, 0.25) is 5.43 Å². The first-order valence-corrected chi connectivity index (χ1v) is 8.11. The average molecular weight is 338 g/mol. The predicted octanol–water partition coefficient (Wildman–Crippen LogP) is 4.09. The van der Waals surface area contributed by atoms with E-state index < -0.39 is 17.2 Å². The highest BCUT2D eigenvalue weighted by molar-refractivity contribution is 6.31. The highest BCUT2D eigenvalue weighted by Crippen LogP contribution is 2.37. The van der Waals surface area contributed by atoms with Crippen LogP contribution in [0.4, 0.5) is 4.39 Å². The normalized spacial score (nSPS) is 14.2. The molecule has 0 N–H and O–H groups in total. The molecule has 0 atom stereocenters. The number of ether oxygens (including phenoxy) is 1. The van der Waals surface area contributed by atoms with Gasteiger partial charge in [-0.1, -0.05) is 24.9 Å². The largest absolute Gasteiger partial charge is 0.462 e. The van der Waals surface area contributed by atoms with Gasteiger partial charge in [-0.25, -0.2) is 9.18 Å². The summed E-state index contributed by atoms with van der Waals surface area (Å²) in [4.78, 5) is 24.7. The van der Waals surface area contributed by atoms with Crippen LogP contribution in [0.5, 0.6) is 0 Å². The van der Waals surface area contributed by atoms with Crippen molar-refractivity contribution >= 4 is 28.5 Å². The number of benzene rings is 1. The van der Waals surface area contributed by atoms with E-state index in [0.29, 0.717) is 5.52 Å². The summed E-state index contributed by atoms with van der Waals surface area (Å²) in [6.07, 6.45) is 5.06. The Labute approximate surface area is 137 Å². The average Bonchev–Trinajstić information content (AvgIpc) is 3.34. The van der Waals surface area contributed by atoms with Gasteiger partial charge in [0.15, 0.2) is 0 Å². The number of hydrogen-bond donors (Lipinski definition) is 0. The maximum Gasteiger partial charge on any atom is 0.343 e. The number of carbonyl (C=O) groups is 1. The zero-order chi connectivity index (χ0) is 16.6. The maximum absolute atomic E-state index is 13.8. The number of unbranched alkanes of at least 4 members (excludes halogenated alkanes) is 1. The summed E-state index contributed by atoms with van der Waals surface area (Å²) >= 11 is 5.84. The van der Waals surface area contributed by atoms with E-state index >= 15 is 0 Å². The van der Waals surface area contributed by atoms with Crippen molar-refractivity contribution in [3.05, 3.63) is 45.0 Å². The zero-order valence-electron chi connectivity index (χ0n) is 12.8. The fraction of sp³-hybridized carbons (Fsp3) is 0.412. The second kappa shape index (κ2) is 6.32. The van der Waals surface area contributed by atoms with Crippen LogP contribution in [0, 0.1) is 5.82 Å². The van der Waals surface area contributed by atoms with Crippen molar-refractivity contribution in [1.29, 1.82) is 0 Å². The number of fused-ring (bicyclic) bond motifs is 1. The lowest BCUT2D eigenvalue weighted by molar-refractivity contribution is 0.0497. The summed E-state index contributed by atoms with van der Waals surface area (Å²) in [7, 11) is 0. The van der Waals surface area contributed by atoms with Crippen molar-refractivity contribution in [1.82, 2.24) is 4.57 Å². The van der Waals surface area contributed by atoms with E-state index in [1.165, 1.54) is 12.3 Å². The van der Waals surface area contributed by atoms with Crippen molar-refractivity contribution < 1.29 is 13.9 Å². The SMILES string of the molecule is CCCCOC(=O)c1cn(C2CC2)c2cc(Cl)c(F)cc2c1=O. The standard InChI is InChI=1S/C17H17ClFNO3/c1-2-3-6-23-17(22)12-9-20(10-4-5-10)15-8-13(18)14(19)7-11(15)16(12)21/h7-10H,2-6H2,1H3. The molecule has 3 rings (SSSR count). The lowest BCUT2D eigenvalue weighted by Crippen LogP contribution is -2.21. The molecular formula is C17H17ClFNO3. The predicted molar refractivity (Wildman–Crippen MR) is 86.6 cm³/mol. The summed E-state index contributed by atoms with van der Waals surface area (Å²) < 4.78 is 20.7. The van der Waals surface area contributed by atoms with E-state index in [1.807, 2.05) is 11.5 Å². The van der Waals surface area contributed by atoms with Gasteiger partial charge in [0, 0.05) is 17.6 Å². The summed E-state index contributed by atoms with van der Waals surface area (Å²) in [5.41, 5.74) is -0.0230. The lowest BCUT2D eigenvalue weighted by Gasteiger charge is -2.13. The van der Waals surface area contributed by atoms with Crippen LogP contribution in [0.2, 0.25) is 5.02 Å². The van der Waals surface area contributed by atoms with Gasteiger partial charge in [0.25, 0.3) is 0 Å². The maximum atomic E-state index is 13.8. The van der Waals surface area contributed by atoms with Gasteiger partial charge in [-0.05, 0) is 31.4 Å². The second-order valence-corrected chi connectivity index (χ2v) is 6.19. The quantitative estimate of drug-likeness (QED) is 0.610. The van der Waals surface area contributed by atoms with E-state index in [0.717, 1.165) is 31.7 Å². The second-order valence-electron chi connectivity index (χ2n) is 5.78. The third kappa shape index (κ3) is 3.11. The van der Waals surface area contributed by atoms with Crippen molar-refractivity contribution in [2.45, 2.75) is 38.6 Å². The van der Waals surface area contributed by atoms with Crippen LogP contribution in [0.15, 0.2) is 23.1 Å². The molecule has 1 aliphatic carbocycles. The van der Waals surface area contributed by atoms with Gasteiger partial charge in [0.05, 0.1) is 17.1 Å². The molecule has 4 nitrogen and oxygen atoms in total. The Morgan fingerprint density at radius 1 is 1.43 bits per heavy atom. The van der Waals surface area contributed by atoms with Crippen LogP contribution in [-0.4, -0.2) is 17.1 Å². The Morgan fingerprint density at radius 2 is 2.17 bits per heavy atom. The molecule has 1 aromatic carbocycles. The minimum atomic E-state index is -0.671. The summed E-state index contributed by atoms with van der Waals surface area (Å²) in [6, 6.07) is 2.75. The van der Waals surface area contributed by atoms with Gasteiger partial charge in [-0.3, -0.25) is 4.79 Å². The summed E-state index contributed by atoms with van der Waals surface area (Å²) in [5.74, 6) is -1.33. The Bertz CT molecular complexity index is 827. The Hall–Kier alpha value is -1.88. The molecule has 2 aromatic rings. The molecule has 6 heteroatoms. The van der Waals surface area contributed by atoms with Crippen molar-refractivity contribution in [3.63, 3.8) is 0 Å². The van der Waals surface area contributed by atoms with Crippen LogP contribution >= 0.6 is 11.6 Å². The molecule has 0 amide bonds. The first-order chi connectivity index (χ1) is 11.0. The van der Waals surface area contributed by atoms with Crippen LogP contribution in [-0.2, 0) is 4.74 Å². The van der Waals surface area contributed by atoms with E-state index in [2.05, 4.69) is 0 Å². The Kier molecular flexibility index (Phi) is 4.39. The van der Waals surface area contributed by atoms with Gasteiger partial charge in [-0.15, -0.1) is 0 Å². The fourth-order valence-electron chi connectivity index (χ4n) is 2.53. The lowest BCUT2D eigenvalue weighted by atomic mass is 10.1. The van der Waals surface area contributed by atoms with Crippen LogP contribution in [0.1, 0.15) is 49.0 Å². The minimum Gasteiger partial charge on any atom is -0.462 e. The number of aromatic nitrogens is 1. The first-order valence-electron chi connectivity index (χ1n) is 7.74. The monoisotopic (exact) mass is 337 g/mol. The number of halogens is 2. The smallest absolute Gasteiger partial charge is 0.343 e. The molecule has 0 aliphatic heterocycles. The molecule has 1 saturated carbocycles. The summed E-state index contributed by atoms with van der Waals surface area (Å²) in [6.45, 7) is 2.25. The summed E-state index contributed by atoms with van der Waals surface area (Å²) in [5, 5.41) is 0.119. The molecule has 23 heavy (non-hydrogen) atoms. The molecule has 1 fully saturated rings. The molecule has 0 spiro atoms. The number of rotatable bonds is 5. The van der Waals surface area contributed by atoms with Gasteiger partial charge >= 0.3 is 5.97 Å². The van der Waals surface area contributed by atoms with Crippen molar-refractivity contribution in [3.8, 4) is 0 Å². The molecule has 1 aromatic heterocycles. The van der Waals surface area contributed by atoms with Gasteiger partial charge in [-0.2, -0.15) is 0 Å². The molecule has 122 valence electrons. The molecule has 0 bridgehead atoms. The molecule has 0 unspecified atom stereocenters. The van der Waals surface area contributed by atoms with Gasteiger partial charge < -0.3 is 9.30 Å². The number of pyridine rings is 1. The van der Waals surface area contributed by atoms with E-state index in [-0.39, 0.29) is 28.6 Å². The minimum absolute atomic E-state index is 0.0374. The van der Waals surface area contributed by atoms with Crippen molar-refractivity contribution in [2.75, 3.05) is 6.61 Å². The molecule has 1 aliphatic rings. The number of hydrogen-bond acceptors (Lipinski definition) is 3. The molecule has 0 radical (unpaired) electrons. The number of esters is 1. The van der Waals surface area contributed by atoms with Crippen LogP contribution in [0.25, 0.3) is 10.9 Å². The Balaban J connectivity index is 2.12. The number of nitrogens with zero attached hydrogens (tertiary/aromatic N) is 1. The zero-order valence-corrected chi connectivity index (χ0v) is 13.5. The topological polar surface area (TPSA) is 48.3 Å². The Morgan fingerprint density at radius 3 is 2.83 bits per heavy atom. The van der Waals surface area contributed by atoms with E-state index in [4.69, 9.17) is 16.3 Å². The number of carbonyl (C=O) groups excluding carboxylic acids is 1. The highest BCUT2D eigenvalue weighted by Gasteiger charge is 2.27. The van der Waals surface area contributed by atoms with E-state index in [1.54, 1.807) is 0 Å². The molecule has 1 heterocycles. The highest BCUT2D eigenvalue weighted by atomic mass is 35.5. The fourth-order valence-corrected chi connectivity index (χ4v) is 2.69. The third-order valence-electron chi connectivity index (χ3n) is 3.97. The molecule has 0 saturated heterocycles. The van der Waals surface area contributed by atoms with Crippen LogP contribution in [0.3, 0.4) is 0 Å². The third-order valence-corrected chi connectivity index (χ3v) is 4.26. The van der Waals surface area contributed by atoms with Crippen molar-refractivity contribution in [2.24, 2.45) is 0 Å². The molecular weight excluding hydrogens is 321 g/mol. The van der Waals surface area contributed by atoms with E-state index in [9.17, 15) is 14.0 Å². The van der Waals surface area contributed by atoms with Crippen LogP contribution < -0.4 is 5.43 Å². The first kappa shape index (κ1) is 16.0.